The maximum atomic E-state index is 6.02. The average Bonchev–Trinajstić information content (AvgIpc) is 2.72. The van der Waals surface area contributed by atoms with Crippen molar-refractivity contribution in [2.45, 2.75) is 37.9 Å². The topological polar surface area (TPSA) is 47.3 Å². The summed E-state index contributed by atoms with van der Waals surface area (Å²) in [7, 11) is 1.67. The first-order valence-corrected chi connectivity index (χ1v) is 6.40. The lowest BCUT2D eigenvalue weighted by molar-refractivity contribution is 0.402. The molecule has 4 heteroatoms. The van der Waals surface area contributed by atoms with E-state index in [1.165, 1.54) is 6.42 Å². The lowest BCUT2D eigenvalue weighted by Gasteiger charge is -2.18. The zero-order valence-corrected chi connectivity index (χ0v) is 10.8. The van der Waals surface area contributed by atoms with Gasteiger partial charge in [0, 0.05) is 29.2 Å². The Morgan fingerprint density at radius 2 is 2.29 bits per heavy atom. The fraction of sp³-hybridized carbons (Fsp3) is 0.538. The second kappa shape index (κ2) is 5.71. The van der Waals surface area contributed by atoms with Gasteiger partial charge in [-0.3, -0.25) is 0 Å². The molecule has 17 heavy (non-hydrogen) atoms. The normalized spacial score (nSPS) is 23.9. The molecule has 1 aliphatic carbocycles. The molecule has 2 atom stereocenters. The van der Waals surface area contributed by atoms with Gasteiger partial charge in [-0.05, 0) is 31.0 Å². The predicted octanol–water partition coefficient (Wildman–Crippen LogP) is 2.32. The van der Waals surface area contributed by atoms with Crippen LogP contribution in [0.1, 0.15) is 24.8 Å². The van der Waals surface area contributed by atoms with Crippen LogP contribution in [0, 0.1) is 0 Å². The van der Waals surface area contributed by atoms with Gasteiger partial charge in [0.15, 0.2) is 0 Å². The van der Waals surface area contributed by atoms with Gasteiger partial charge in [-0.15, -0.1) is 0 Å². The van der Waals surface area contributed by atoms with Crippen LogP contribution in [0.3, 0.4) is 0 Å². The third kappa shape index (κ3) is 3.12. The molecule has 0 heterocycles. The summed E-state index contributed by atoms with van der Waals surface area (Å²) in [6.07, 6.45) is 3.49. The van der Waals surface area contributed by atoms with Crippen molar-refractivity contribution in [1.82, 2.24) is 5.32 Å². The van der Waals surface area contributed by atoms with Crippen LogP contribution in [0.15, 0.2) is 18.2 Å². The number of nitrogens with two attached hydrogens (primary N) is 1. The smallest absolute Gasteiger partial charge is 0.123 e. The van der Waals surface area contributed by atoms with Gasteiger partial charge >= 0.3 is 0 Å². The van der Waals surface area contributed by atoms with Gasteiger partial charge in [-0.2, -0.15) is 0 Å². The number of rotatable bonds is 4. The van der Waals surface area contributed by atoms with Gasteiger partial charge in [0.25, 0.3) is 0 Å². The molecule has 0 bridgehead atoms. The summed E-state index contributed by atoms with van der Waals surface area (Å²) in [6.45, 7) is 0.752. The van der Waals surface area contributed by atoms with Gasteiger partial charge in [-0.1, -0.05) is 18.0 Å². The molecule has 1 aromatic carbocycles. The molecule has 0 saturated heterocycles. The van der Waals surface area contributed by atoms with Crippen molar-refractivity contribution in [3.8, 4) is 5.75 Å². The van der Waals surface area contributed by atoms with E-state index in [1.807, 2.05) is 18.2 Å². The molecule has 1 aliphatic rings. The second-order valence-electron chi connectivity index (χ2n) is 4.54. The molecule has 3 N–H and O–H groups in total. The number of methoxy groups -OCH3 is 1. The second-order valence-corrected chi connectivity index (χ2v) is 4.97. The molecule has 0 aliphatic heterocycles. The first-order chi connectivity index (χ1) is 8.20. The Morgan fingerprint density at radius 1 is 1.47 bits per heavy atom. The Hall–Kier alpha value is -0.770. The van der Waals surface area contributed by atoms with Crippen LogP contribution in [0.25, 0.3) is 0 Å². The molecule has 0 radical (unpaired) electrons. The molecular weight excluding hydrogens is 236 g/mol. The monoisotopic (exact) mass is 254 g/mol. The third-order valence-corrected chi connectivity index (χ3v) is 3.60. The highest BCUT2D eigenvalue weighted by Gasteiger charge is 2.23. The summed E-state index contributed by atoms with van der Waals surface area (Å²) < 4.78 is 5.31. The molecule has 1 saturated carbocycles. The van der Waals surface area contributed by atoms with Gasteiger partial charge in [0.05, 0.1) is 7.11 Å². The van der Waals surface area contributed by atoms with Crippen molar-refractivity contribution < 1.29 is 4.74 Å². The molecule has 2 rings (SSSR count). The van der Waals surface area contributed by atoms with E-state index < -0.39 is 0 Å². The Labute approximate surface area is 107 Å². The molecule has 2 unspecified atom stereocenters. The van der Waals surface area contributed by atoms with E-state index in [0.29, 0.717) is 6.04 Å². The minimum Gasteiger partial charge on any atom is -0.496 e. The van der Waals surface area contributed by atoms with Crippen molar-refractivity contribution in [2.75, 3.05) is 7.11 Å². The summed E-state index contributed by atoms with van der Waals surface area (Å²) in [4.78, 5) is 0. The van der Waals surface area contributed by atoms with E-state index >= 15 is 0 Å². The van der Waals surface area contributed by atoms with Crippen LogP contribution in [0.2, 0.25) is 5.02 Å². The lowest BCUT2D eigenvalue weighted by atomic mass is 10.1. The Balaban J connectivity index is 2.00. The Kier molecular flexibility index (Phi) is 4.26. The van der Waals surface area contributed by atoms with Gasteiger partial charge in [0.2, 0.25) is 0 Å². The average molecular weight is 255 g/mol. The zero-order chi connectivity index (χ0) is 12.3. The highest BCUT2D eigenvalue weighted by molar-refractivity contribution is 6.30. The van der Waals surface area contributed by atoms with E-state index in [4.69, 9.17) is 22.1 Å². The maximum absolute atomic E-state index is 6.02. The standard InChI is InChI=1S/C13H19ClN2O/c1-17-13-6-5-10(14)7-9(13)8-16-12-4-2-3-11(12)15/h5-7,11-12,16H,2-4,8,15H2,1H3. The SMILES string of the molecule is COc1ccc(Cl)cc1CNC1CCCC1N. The maximum Gasteiger partial charge on any atom is 0.123 e. The van der Waals surface area contributed by atoms with E-state index in [-0.39, 0.29) is 6.04 Å². The van der Waals surface area contributed by atoms with Crippen LogP contribution >= 0.6 is 11.6 Å². The van der Waals surface area contributed by atoms with Crippen molar-refractivity contribution >= 4 is 11.6 Å². The third-order valence-electron chi connectivity index (χ3n) is 3.37. The fourth-order valence-electron chi connectivity index (χ4n) is 2.37. The van der Waals surface area contributed by atoms with Gasteiger partial charge in [-0.25, -0.2) is 0 Å². The van der Waals surface area contributed by atoms with E-state index in [1.54, 1.807) is 7.11 Å². The summed E-state index contributed by atoms with van der Waals surface area (Å²) in [6, 6.07) is 6.37. The number of halogens is 1. The highest BCUT2D eigenvalue weighted by atomic mass is 35.5. The quantitative estimate of drug-likeness (QED) is 0.867. The number of hydrogen-bond acceptors (Lipinski definition) is 3. The molecular formula is C13H19ClN2O. The highest BCUT2D eigenvalue weighted by Crippen LogP contribution is 2.24. The first-order valence-electron chi connectivity index (χ1n) is 6.02. The Bertz CT molecular complexity index is 384. The number of hydrogen-bond donors (Lipinski definition) is 2. The van der Waals surface area contributed by atoms with Gasteiger partial charge < -0.3 is 15.8 Å². The van der Waals surface area contributed by atoms with Crippen LogP contribution < -0.4 is 15.8 Å². The lowest BCUT2D eigenvalue weighted by Crippen LogP contribution is -2.40. The summed E-state index contributed by atoms with van der Waals surface area (Å²) >= 11 is 5.99. The Morgan fingerprint density at radius 3 is 2.94 bits per heavy atom. The number of benzene rings is 1. The predicted molar refractivity (Wildman–Crippen MR) is 70.5 cm³/mol. The van der Waals surface area contributed by atoms with Crippen molar-refractivity contribution in [3.05, 3.63) is 28.8 Å². The van der Waals surface area contributed by atoms with Crippen molar-refractivity contribution in [1.29, 1.82) is 0 Å². The molecule has 1 aromatic rings. The molecule has 3 nitrogen and oxygen atoms in total. The summed E-state index contributed by atoms with van der Waals surface area (Å²) in [5.74, 6) is 0.869. The van der Waals surface area contributed by atoms with E-state index in [0.717, 1.165) is 35.7 Å². The van der Waals surface area contributed by atoms with Crippen LogP contribution in [-0.4, -0.2) is 19.2 Å². The van der Waals surface area contributed by atoms with E-state index in [2.05, 4.69) is 5.32 Å². The zero-order valence-electron chi connectivity index (χ0n) is 10.1. The van der Waals surface area contributed by atoms with Crippen LogP contribution in [0.4, 0.5) is 0 Å². The number of ether oxygens (including phenoxy) is 1. The van der Waals surface area contributed by atoms with Crippen molar-refractivity contribution in [2.24, 2.45) is 5.73 Å². The summed E-state index contributed by atoms with van der Waals surface area (Å²) in [5.41, 5.74) is 7.11. The van der Waals surface area contributed by atoms with E-state index in [9.17, 15) is 0 Å². The van der Waals surface area contributed by atoms with Crippen LogP contribution in [-0.2, 0) is 6.54 Å². The molecule has 94 valence electrons. The van der Waals surface area contributed by atoms with Gasteiger partial charge in [0.1, 0.15) is 5.75 Å². The summed E-state index contributed by atoms with van der Waals surface area (Å²) in [5, 5.41) is 4.22. The first kappa shape index (κ1) is 12.7. The molecule has 1 fully saturated rings. The number of nitrogens with one attached hydrogen (secondary N) is 1. The van der Waals surface area contributed by atoms with Crippen molar-refractivity contribution in [3.63, 3.8) is 0 Å². The largest absolute Gasteiger partial charge is 0.496 e. The minimum absolute atomic E-state index is 0.278. The molecule has 0 spiro atoms. The fourth-order valence-corrected chi connectivity index (χ4v) is 2.56. The van der Waals surface area contributed by atoms with Crippen LogP contribution in [0.5, 0.6) is 5.75 Å². The minimum atomic E-state index is 0.278. The molecule has 0 aromatic heterocycles. The molecule has 0 amide bonds.